The molecule has 6 heteroatoms. The van der Waals surface area contributed by atoms with Crippen LogP contribution in [0.15, 0.2) is 11.4 Å². The molecule has 1 unspecified atom stereocenters. The molecule has 1 aromatic heterocycles. The van der Waals surface area contributed by atoms with Gasteiger partial charge in [-0.25, -0.2) is 4.79 Å². The summed E-state index contributed by atoms with van der Waals surface area (Å²) in [5.74, 6) is -0.399. The van der Waals surface area contributed by atoms with Gasteiger partial charge in [0, 0.05) is 18.2 Å². The summed E-state index contributed by atoms with van der Waals surface area (Å²) in [4.78, 5) is 25.2. The molecule has 0 aromatic carbocycles. The Labute approximate surface area is 103 Å². The van der Waals surface area contributed by atoms with E-state index in [0.29, 0.717) is 23.5 Å². The molecule has 1 aliphatic heterocycles. The number of anilines is 1. The summed E-state index contributed by atoms with van der Waals surface area (Å²) in [6.07, 6.45) is 0.416. The van der Waals surface area contributed by atoms with Crippen LogP contribution in [-0.4, -0.2) is 30.8 Å². The molecule has 16 heavy (non-hydrogen) atoms. The molecule has 0 saturated carbocycles. The summed E-state index contributed by atoms with van der Waals surface area (Å²) in [6.45, 7) is 0.544. The van der Waals surface area contributed by atoms with E-state index in [-0.39, 0.29) is 11.2 Å². The van der Waals surface area contributed by atoms with E-state index in [1.54, 1.807) is 16.3 Å². The van der Waals surface area contributed by atoms with Gasteiger partial charge in [-0.3, -0.25) is 4.79 Å². The molecule has 1 fully saturated rings. The lowest BCUT2D eigenvalue weighted by molar-refractivity contribution is -0.117. The fourth-order valence-electron chi connectivity index (χ4n) is 1.68. The number of esters is 1. The molecular formula is C10H11NO3S2. The van der Waals surface area contributed by atoms with Gasteiger partial charge in [0.2, 0.25) is 5.91 Å². The predicted molar refractivity (Wildman–Crippen MR) is 65.4 cm³/mol. The number of ether oxygens (including phenoxy) is 1. The highest BCUT2D eigenvalue weighted by Gasteiger charge is 2.31. The fourth-order valence-corrected chi connectivity index (χ4v) is 2.81. The zero-order valence-electron chi connectivity index (χ0n) is 8.67. The van der Waals surface area contributed by atoms with E-state index in [4.69, 9.17) is 0 Å². The standard InChI is InChI=1S/C10H11NO3S2/c1-14-10(13)9-7(2-3-16-9)11-5-6(15)4-8(11)12/h2-3,6,15H,4-5H2,1H3. The molecule has 1 amide bonds. The highest BCUT2D eigenvalue weighted by Crippen LogP contribution is 2.31. The highest BCUT2D eigenvalue weighted by molar-refractivity contribution is 7.81. The second kappa shape index (κ2) is 4.47. The van der Waals surface area contributed by atoms with E-state index < -0.39 is 5.97 Å². The van der Waals surface area contributed by atoms with Crippen LogP contribution in [0, 0.1) is 0 Å². The molecule has 1 atom stereocenters. The topological polar surface area (TPSA) is 46.6 Å². The minimum absolute atomic E-state index is 0.00329. The van der Waals surface area contributed by atoms with Crippen molar-refractivity contribution in [2.45, 2.75) is 11.7 Å². The second-order valence-corrected chi connectivity index (χ2v) is 5.14. The lowest BCUT2D eigenvalue weighted by Crippen LogP contribution is -2.25. The van der Waals surface area contributed by atoms with E-state index in [9.17, 15) is 9.59 Å². The molecule has 0 spiro atoms. The lowest BCUT2D eigenvalue weighted by atomic mass is 10.3. The van der Waals surface area contributed by atoms with E-state index in [0.717, 1.165) is 0 Å². The summed E-state index contributed by atoms with van der Waals surface area (Å²) in [5.41, 5.74) is 0.637. The fraction of sp³-hybridized carbons (Fsp3) is 0.400. The molecule has 2 rings (SSSR count). The van der Waals surface area contributed by atoms with Crippen molar-refractivity contribution in [3.8, 4) is 0 Å². The largest absolute Gasteiger partial charge is 0.465 e. The Bertz CT molecular complexity index is 429. The van der Waals surface area contributed by atoms with Crippen LogP contribution < -0.4 is 4.90 Å². The van der Waals surface area contributed by atoms with Crippen molar-refractivity contribution < 1.29 is 14.3 Å². The number of carbonyl (C=O) groups is 2. The van der Waals surface area contributed by atoms with Gasteiger partial charge in [-0.2, -0.15) is 12.6 Å². The number of hydrogen-bond acceptors (Lipinski definition) is 5. The summed E-state index contributed by atoms with van der Waals surface area (Å²) in [7, 11) is 1.33. The third-order valence-corrected chi connectivity index (χ3v) is 3.64. The number of thiophene rings is 1. The molecule has 1 aliphatic rings. The molecule has 1 saturated heterocycles. The van der Waals surface area contributed by atoms with Crippen LogP contribution in [0.3, 0.4) is 0 Å². The number of thiol groups is 1. The van der Waals surface area contributed by atoms with Crippen molar-refractivity contribution in [2.24, 2.45) is 0 Å². The van der Waals surface area contributed by atoms with Crippen molar-refractivity contribution in [1.29, 1.82) is 0 Å². The number of amides is 1. The van der Waals surface area contributed by atoms with Crippen LogP contribution in [0.4, 0.5) is 5.69 Å². The zero-order chi connectivity index (χ0) is 11.7. The van der Waals surface area contributed by atoms with Crippen LogP contribution >= 0.6 is 24.0 Å². The Kier molecular flexibility index (Phi) is 3.20. The van der Waals surface area contributed by atoms with Gasteiger partial charge in [0.15, 0.2) is 0 Å². The van der Waals surface area contributed by atoms with Crippen LogP contribution in [0.2, 0.25) is 0 Å². The Morgan fingerprint density at radius 1 is 1.69 bits per heavy atom. The Balaban J connectivity index is 2.31. The number of hydrogen-bond donors (Lipinski definition) is 1. The van der Waals surface area contributed by atoms with Crippen molar-refractivity contribution in [3.63, 3.8) is 0 Å². The molecule has 0 radical (unpaired) electrons. The summed E-state index contributed by atoms with van der Waals surface area (Å²) in [5, 5.41) is 1.82. The van der Waals surface area contributed by atoms with Crippen LogP contribution in [0.25, 0.3) is 0 Å². The van der Waals surface area contributed by atoms with Crippen molar-refractivity contribution in [3.05, 3.63) is 16.3 Å². The van der Waals surface area contributed by atoms with Gasteiger partial charge >= 0.3 is 5.97 Å². The monoisotopic (exact) mass is 257 g/mol. The van der Waals surface area contributed by atoms with Crippen molar-refractivity contribution >= 4 is 41.5 Å². The quantitative estimate of drug-likeness (QED) is 0.646. The number of carbonyl (C=O) groups excluding carboxylic acids is 2. The molecule has 0 aliphatic carbocycles. The Morgan fingerprint density at radius 2 is 2.44 bits per heavy atom. The molecule has 4 nitrogen and oxygen atoms in total. The first-order chi connectivity index (χ1) is 7.63. The molecular weight excluding hydrogens is 246 g/mol. The van der Waals surface area contributed by atoms with Crippen LogP contribution in [-0.2, 0) is 9.53 Å². The first-order valence-electron chi connectivity index (χ1n) is 4.77. The second-order valence-electron chi connectivity index (χ2n) is 3.49. The number of nitrogens with zero attached hydrogens (tertiary/aromatic N) is 1. The molecule has 86 valence electrons. The number of rotatable bonds is 2. The SMILES string of the molecule is COC(=O)c1sccc1N1CC(S)CC1=O. The highest BCUT2D eigenvalue weighted by atomic mass is 32.1. The van der Waals surface area contributed by atoms with Crippen molar-refractivity contribution in [1.82, 2.24) is 0 Å². The van der Waals surface area contributed by atoms with Crippen LogP contribution in [0.1, 0.15) is 16.1 Å². The van der Waals surface area contributed by atoms with Gasteiger partial charge in [-0.15, -0.1) is 11.3 Å². The molecule has 0 N–H and O–H groups in total. The summed E-state index contributed by atoms with van der Waals surface area (Å²) in [6, 6.07) is 1.76. The Hall–Kier alpha value is -1.01. The van der Waals surface area contributed by atoms with E-state index in [2.05, 4.69) is 17.4 Å². The Morgan fingerprint density at radius 3 is 3.00 bits per heavy atom. The molecule has 2 heterocycles. The van der Waals surface area contributed by atoms with E-state index in [1.165, 1.54) is 18.4 Å². The third kappa shape index (κ3) is 1.94. The van der Waals surface area contributed by atoms with Gasteiger partial charge in [-0.05, 0) is 11.4 Å². The molecule has 0 bridgehead atoms. The van der Waals surface area contributed by atoms with E-state index >= 15 is 0 Å². The first-order valence-corrected chi connectivity index (χ1v) is 6.17. The maximum Gasteiger partial charge on any atom is 0.350 e. The van der Waals surface area contributed by atoms with Crippen molar-refractivity contribution in [2.75, 3.05) is 18.6 Å². The minimum Gasteiger partial charge on any atom is -0.465 e. The van der Waals surface area contributed by atoms with Gasteiger partial charge < -0.3 is 9.64 Å². The maximum absolute atomic E-state index is 11.7. The average molecular weight is 257 g/mol. The average Bonchev–Trinajstić information content (AvgIpc) is 2.83. The van der Waals surface area contributed by atoms with Gasteiger partial charge in [-0.1, -0.05) is 0 Å². The normalized spacial score (nSPS) is 20.2. The van der Waals surface area contributed by atoms with Gasteiger partial charge in [0.25, 0.3) is 0 Å². The maximum atomic E-state index is 11.7. The molecule has 1 aromatic rings. The number of methoxy groups -OCH3 is 1. The summed E-state index contributed by atoms with van der Waals surface area (Å²) < 4.78 is 4.67. The van der Waals surface area contributed by atoms with Gasteiger partial charge in [0.1, 0.15) is 4.88 Å². The zero-order valence-corrected chi connectivity index (χ0v) is 10.4. The van der Waals surface area contributed by atoms with Gasteiger partial charge in [0.05, 0.1) is 12.8 Å². The lowest BCUT2D eigenvalue weighted by Gasteiger charge is -2.15. The first kappa shape index (κ1) is 11.5. The van der Waals surface area contributed by atoms with E-state index in [1.807, 2.05) is 0 Å². The van der Waals surface area contributed by atoms with Crippen LogP contribution in [0.5, 0.6) is 0 Å². The summed E-state index contributed by atoms with van der Waals surface area (Å²) >= 11 is 5.55. The smallest absolute Gasteiger partial charge is 0.350 e. The predicted octanol–water partition coefficient (Wildman–Crippen LogP) is 1.57. The minimum atomic E-state index is -0.402. The third-order valence-electron chi connectivity index (χ3n) is 2.41.